The molecule has 1 aromatic carbocycles. The second kappa shape index (κ2) is 9.64. The normalized spacial score (nSPS) is 10.4. The molecule has 0 atom stereocenters. The fourth-order valence-corrected chi connectivity index (χ4v) is 2.77. The molecular weight excluding hydrogens is 373 g/mol. The van der Waals surface area contributed by atoms with E-state index in [1.165, 1.54) is 13.3 Å². The third-order valence-electron chi connectivity index (χ3n) is 4.25. The zero-order valence-corrected chi connectivity index (χ0v) is 16.3. The molecule has 0 unspecified atom stereocenters. The van der Waals surface area contributed by atoms with Gasteiger partial charge in [0.2, 0.25) is 5.95 Å². The maximum Gasteiger partial charge on any atom is 0.269 e. The van der Waals surface area contributed by atoms with Crippen LogP contribution >= 0.6 is 0 Å². The highest BCUT2D eigenvalue weighted by Crippen LogP contribution is 2.21. The lowest BCUT2D eigenvalue weighted by atomic mass is 10.1. The Morgan fingerprint density at radius 1 is 1.14 bits per heavy atom. The van der Waals surface area contributed by atoms with Crippen LogP contribution < -0.4 is 14.8 Å². The first-order chi connectivity index (χ1) is 14.1. The molecule has 0 aliphatic carbocycles. The Kier molecular flexibility index (Phi) is 6.73. The monoisotopic (exact) mass is 395 g/mol. The number of nitrogens with one attached hydrogen (secondary N) is 1. The molecule has 6 nitrogen and oxygen atoms in total. The summed E-state index contributed by atoms with van der Waals surface area (Å²) in [5.74, 6) is 0.353. The van der Waals surface area contributed by atoms with Crippen molar-refractivity contribution >= 4 is 5.91 Å². The maximum atomic E-state index is 13.8. The number of hydrogen-bond acceptors (Lipinski definition) is 5. The molecule has 29 heavy (non-hydrogen) atoms. The molecule has 2 aromatic heterocycles. The fraction of sp³-hybridized carbons (Fsp3) is 0.227. The SMILES string of the molecule is CCOc1ccc(-c2cccc(C(=O)NCCc3cc(OC)cnc3F)n2)cc1. The molecule has 2 heterocycles. The van der Waals surface area contributed by atoms with E-state index in [9.17, 15) is 9.18 Å². The van der Waals surface area contributed by atoms with Crippen molar-refractivity contribution in [3.8, 4) is 22.8 Å². The number of carbonyl (C=O) groups excluding carboxylic acids is 1. The largest absolute Gasteiger partial charge is 0.495 e. The number of amides is 1. The number of pyridine rings is 2. The van der Waals surface area contributed by atoms with E-state index in [1.54, 1.807) is 18.2 Å². The van der Waals surface area contributed by atoms with Crippen LogP contribution in [0.25, 0.3) is 11.3 Å². The zero-order valence-electron chi connectivity index (χ0n) is 16.3. The first-order valence-electron chi connectivity index (χ1n) is 9.27. The van der Waals surface area contributed by atoms with Gasteiger partial charge < -0.3 is 14.8 Å². The van der Waals surface area contributed by atoms with Crippen LogP contribution in [-0.4, -0.2) is 36.1 Å². The van der Waals surface area contributed by atoms with Crippen molar-refractivity contribution in [3.63, 3.8) is 0 Å². The molecule has 0 fully saturated rings. The van der Waals surface area contributed by atoms with Crippen LogP contribution in [0.1, 0.15) is 23.0 Å². The van der Waals surface area contributed by atoms with Gasteiger partial charge in [-0.1, -0.05) is 6.07 Å². The van der Waals surface area contributed by atoms with E-state index in [0.29, 0.717) is 35.7 Å². The van der Waals surface area contributed by atoms with Crippen molar-refractivity contribution in [2.75, 3.05) is 20.3 Å². The quantitative estimate of drug-likeness (QED) is 0.589. The van der Waals surface area contributed by atoms with Gasteiger partial charge in [-0.3, -0.25) is 4.79 Å². The van der Waals surface area contributed by atoms with Crippen molar-refractivity contribution in [2.45, 2.75) is 13.3 Å². The van der Waals surface area contributed by atoms with Gasteiger partial charge in [0.05, 0.1) is 25.6 Å². The Morgan fingerprint density at radius 2 is 1.93 bits per heavy atom. The summed E-state index contributed by atoms with van der Waals surface area (Å²) in [6.45, 7) is 2.78. The number of ether oxygens (including phenoxy) is 2. The van der Waals surface area contributed by atoms with Gasteiger partial charge in [-0.15, -0.1) is 0 Å². The first-order valence-corrected chi connectivity index (χ1v) is 9.27. The number of carbonyl (C=O) groups is 1. The van der Waals surface area contributed by atoms with Gasteiger partial charge >= 0.3 is 0 Å². The molecule has 150 valence electrons. The van der Waals surface area contributed by atoms with Gasteiger partial charge in [0, 0.05) is 17.7 Å². The van der Waals surface area contributed by atoms with Crippen molar-refractivity contribution in [1.82, 2.24) is 15.3 Å². The van der Waals surface area contributed by atoms with Gasteiger partial charge in [-0.05, 0) is 55.8 Å². The third-order valence-corrected chi connectivity index (χ3v) is 4.25. The molecule has 7 heteroatoms. The molecule has 0 bridgehead atoms. The predicted molar refractivity (Wildman–Crippen MR) is 108 cm³/mol. The number of aromatic nitrogens is 2. The Labute approximate surface area is 168 Å². The lowest BCUT2D eigenvalue weighted by Gasteiger charge is -2.08. The van der Waals surface area contributed by atoms with Crippen LogP contribution in [0.2, 0.25) is 0 Å². The molecule has 3 rings (SSSR count). The first kappa shape index (κ1) is 20.3. The molecule has 1 amide bonds. The second-order valence-electron chi connectivity index (χ2n) is 6.20. The van der Waals surface area contributed by atoms with Gasteiger partial charge in [0.1, 0.15) is 17.2 Å². The average molecular weight is 395 g/mol. The van der Waals surface area contributed by atoms with E-state index >= 15 is 0 Å². The Morgan fingerprint density at radius 3 is 2.66 bits per heavy atom. The summed E-state index contributed by atoms with van der Waals surface area (Å²) in [6, 6.07) is 14.3. The standard InChI is InChI=1S/C22H22FN3O3/c1-3-29-17-9-7-15(8-10-17)19-5-4-6-20(26-19)22(27)24-12-11-16-13-18(28-2)14-25-21(16)23/h4-10,13-14H,3,11-12H2,1-2H3,(H,24,27). The minimum atomic E-state index is -0.573. The average Bonchev–Trinajstić information content (AvgIpc) is 2.76. The number of hydrogen-bond donors (Lipinski definition) is 1. The summed E-state index contributed by atoms with van der Waals surface area (Å²) < 4.78 is 24.3. The molecule has 0 aliphatic rings. The van der Waals surface area contributed by atoms with Crippen LogP contribution in [0.5, 0.6) is 11.5 Å². The van der Waals surface area contributed by atoms with Crippen molar-refractivity contribution in [2.24, 2.45) is 0 Å². The molecule has 0 saturated carbocycles. The molecular formula is C22H22FN3O3. The zero-order chi connectivity index (χ0) is 20.6. The molecule has 3 aromatic rings. The van der Waals surface area contributed by atoms with Crippen LogP contribution in [0, 0.1) is 5.95 Å². The summed E-state index contributed by atoms with van der Waals surface area (Å²) in [5, 5.41) is 2.76. The Bertz CT molecular complexity index is 977. The summed E-state index contributed by atoms with van der Waals surface area (Å²) in [5.41, 5.74) is 2.23. The second-order valence-corrected chi connectivity index (χ2v) is 6.20. The van der Waals surface area contributed by atoms with Crippen molar-refractivity contribution < 1.29 is 18.7 Å². The molecule has 1 N–H and O–H groups in total. The maximum absolute atomic E-state index is 13.8. The fourth-order valence-electron chi connectivity index (χ4n) is 2.77. The molecule has 0 radical (unpaired) electrons. The number of benzene rings is 1. The number of nitrogens with zero attached hydrogens (tertiary/aromatic N) is 2. The van der Waals surface area contributed by atoms with E-state index in [2.05, 4.69) is 15.3 Å². The highest BCUT2D eigenvalue weighted by atomic mass is 19.1. The highest BCUT2D eigenvalue weighted by molar-refractivity contribution is 5.92. The highest BCUT2D eigenvalue weighted by Gasteiger charge is 2.11. The van der Waals surface area contributed by atoms with E-state index < -0.39 is 5.95 Å². The van der Waals surface area contributed by atoms with Gasteiger partial charge in [0.25, 0.3) is 5.91 Å². The van der Waals surface area contributed by atoms with E-state index in [0.717, 1.165) is 11.3 Å². The predicted octanol–water partition coefficient (Wildman–Crippen LogP) is 3.66. The summed E-state index contributed by atoms with van der Waals surface area (Å²) in [7, 11) is 1.49. The van der Waals surface area contributed by atoms with Gasteiger partial charge in [-0.25, -0.2) is 9.97 Å². The topological polar surface area (TPSA) is 73.3 Å². The van der Waals surface area contributed by atoms with E-state index in [-0.39, 0.29) is 12.5 Å². The lowest BCUT2D eigenvalue weighted by molar-refractivity contribution is 0.0949. The van der Waals surface area contributed by atoms with Crippen LogP contribution in [0.3, 0.4) is 0 Å². The Hall–Kier alpha value is -3.48. The van der Waals surface area contributed by atoms with E-state index in [1.807, 2.05) is 37.3 Å². The van der Waals surface area contributed by atoms with Crippen molar-refractivity contribution in [1.29, 1.82) is 0 Å². The van der Waals surface area contributed by atoms with E-state index in [4.69, 9.17) is 9.47 Å². The van der Waals surface area contributed by atoms with Crippen molar-refractivity contribution in [3.05, 3.63) is 71.9 Å². The minimum absolute atomic E-state index is 0.250. The summed E-state index contributed by atoms with van der Waals surface area (Å²) in [4.78, 5) is 20.5. The van der Waals surface area contributed by atoms with Gasteiger partial charge in [-0.2, -0.15) is 4.39 Å². The number of halogens is 1. The number of methoxy groups -OCH3 is 1. The minimum Gasteiger partial charge on any atom is -0.495 e. The molecule has 0 aliphatic heterocycles. The molecule has 0 spiro atoms. The summed E-state index contributed by atoms with van der Waals surface area (Å²) >= 11 is 0. The van der Waals surface area contributed by atoms with Crippen LogP contribution in [-0.2, 0) is 6.42 Å². The van der Waals surface area contributed by atoms with Crippen LogP contribution in [0.15, 0.2) is 54.7 Å². The molecule has 0 saturated heterocycles. The lowest BCUT2D eigenvalue weighted by Crippen LogP contribution is -2.26. The third kappa shape index (κ3) is 5.28. The Balaban J connectivity index is 1.63. The van der Waals surface area contributed by atoms with Crippen LogP contribution in [0.4, 0.5) is 4.39 Å². The smallest absolute Gasteiger partial charge is 0.269 e. The number of rotatable bonds is 8. The van der Waals surface area contributed by atoms with Gasteiger partial charge in [0.15, 0.2) is 0 Å². The summed E-state index contributed by atoms with van der Waals surface area (Å²) in [6.07, 6.45) is 1.61.